The first-order chi connectivity index (χ1) is 10.3. The Bertz CT molecular complexity index is 531. The first kappa shape index (κ1) is 20.0. The van der Waals surface area contributed by atoms with Gasteiger partial charge >= 0.3 is 6.18 Å². The smallest absolute Gasteiger partial charge is 0.366 e. The number of alkyl halides is 3. The summed E-state index contributed by atoms with van der Waals surface area (Å²) in [6.07, 6.45) is 0.998. The van der Waals surface area contributed by atoms with Gasteiger partial charge in [0.05, 0.1) is 0 Å². The Morgan fingerprint density at radius 2 is 1.91 bits per heavy atom. The second kappa shape index (κ2) is 9.82. The molecule has 0 aliphatic rings. The van der Waals surface area contributed by atoms with Gasteiger partial charge in [-0.2, -0.15) is 13.2 Å². The van der Waals surface area contributed by atoms with Gasteiger partial charge in [-0.3, -0.25) is 0 Å². The minimum atomic E-state index is -4.43. The van der Waals surface area contributed by atoms with E-state index in [-0.39, 0.29) is 7.24 Å². The summed E-state index contributed by atoms with van der Waals surface area (Å²) in [6, 6.07) is 3.76. The third-order valence-corrected chi connectivity index (χ3v) is 2.41. The maximum absolute atomic E-state index is 12.5. The number of pyridine rings is 1. The van der Waals surface area contributed by atoms with Crippen molar-refractivity contribution in [2.24, 2.45) is 0 Å². The number of halogens is 3. The number of allylic oxidation sites excluding steroid dienone is 3. The van der Waals surface area contributed by atoms with Gasteiger partial charge in [-0.25, -0.2) is 4.98 Å². The molecule has 1 heterocycles. The molecule has 0 atom stereocenters. The molecule has 0 aromatic carbocycles. The molecule has 1 aromatic rings. The van der Waals surface area contributed by atoms with Crippen LogP contribution in [0.1, 0.15) is 34.8 Å². The summed E-state index contributed by atoms with van der Waals surface area (Å²) < 4.78 is 37.6. The van der Waals surface area contributed by atoms with Crippen molar-refractivity contribution >= 4 is 5.82 Å². The van der Waals surface area contributed by atoms with Gasteiger partial charge < -0.3 is 5.32 Å². The summed E-state index contributed by atoms with van der Waals surface area (Å²) in [7, 11) is 0. The highest BCUT2D eigenvalue weighted by Crippen LogP contribution is 2.28. The average Bonchev–Trinajstić information content (AvgIpc) is 2.48. The van der Waals surface area contributed by atoms with E-state index in [1.807, 2.05) is 39.8 Å². The summed E-state index contributed by atoms with van der Waals surface area (Å²) >= 11 is 0. The van der Waals surface area contributed by atoms with Gasteiger partial charge in [-0.05, 0) is 31.6 Å². The predicted octanol–water partition coefficient (Wildman–Crippen LogP) is 5.86. The van der Waals surface area contributed by atoms with E-state index in [9.17, 15) is 13.2 Å². The number of hydrogen-bond donors (Lipinski definition) is 1. The molecular weight excluding hydrogens is 289 g/mol. The van der Waals surface area contributed by atoms with Crippen LogP contribution in [0.3, 0.4) is 0 Å². The molecule has 1 N–H and O–H groups in total. The minimum absolute atomic E-state index is 0. The zero-order chi connectivity index (χ0) is 17.2. The van der Waals surface area contributed by atoms with Crippen molar-refractivity contribution in [3.63, 3.8) is 0 Å². The SMILES string of the molecule is C=C/C(=C\C=C(C)C)CNc1cccc(C(F)(F)F)n1.CC.[HH]. The molecule has 5 heteroatoms. The Morgan fingerprint density at radius 3 is 2.41 bits per heavy atom. The Balaban J connectivity index is 0. The van der Waals surface area contributed by atoms with E-state index in [2.05, 4.69) is 16.9 Å². The Kier molecular flexibility index (Phi) is 8.91. The summed E-state index contributed by atoms with van der Waals surface area (Å²) in [4.78, 5) is 3.53. The topological polar surface area (TPSA) is 24.9 Å². The van der Waals surface area contributed by atoms with Crippen molar-refractivity contribution in [1.29, 1.82) is 0 Å². The van der Waals surface area contributed by atoms with Gasteiger partial charge in [0.1, 0.15) is 11.5 Å². The van der Waals surface area contributed by atoms with Crippen LogP contribution in [0.4, 0.5) is 19.0 Å². The molecule has 0 saturated carbocycles. The van der Waals surface area contributed by atoms with E-state index in [1.54, 1.807) is 6.08 Å². The van der Waals surface area contributed by atoms with E-state index in [1.165, 1.54) is 12.1 Å². The normalized spacial score (nSPS) is 11.1. The molecule has 2 nitrogen and oxygen atoms in total. The van der Waals surface area contributed by atoms with Crippen molar-refractivity contribution in [2.75, 3.05) is 11.9 Å². The fourth-order valence-electron chi connectivity index (χ4n) is 1.36. The molecule has 124 valence electrons. The Hall–Kier alpha value is -2.04. The molecule has 0 radical (unpaired) electrons. The van der Waals surface area contributed by atoms with E-state index < -0.39 is 11.9 Å². The van der Waals surface area contributed by atoms with Crippen LogP contribution < -0.4 is 5.32 Å². The van der Waals surface area contributed by atoms with Crippen LogP contribution in [0.15, 0.2) is 54.2 Å². The third-order valence-electron chi connectivity index (χ3n) is 2.41. The maximum atomic E-state index is 12.5. The van der Waals surface area contributed by atoms with Crippen LogP contribution in [0, 0.1) is 0 Å². The van der Waals surface area contributed by atoms with Crippen LogP contribution in [-0.2, 0) is 6.18 Å². The van der Waals surface area contributed by atoms with Gasteiger partial charge in [0.15, 0.2) is 0 Å². The van der Waals surface area contributed by atoms with Gasteiger partial charge in [0.25, 0.3) is 0 Å². The highest BCUT2D eigenvalue weighted by atomic mass is 19.4. The highest BCUT2D eigenvalue weighted by molar-refractivity contribution is 5.39. The van der Waals surface area contributed by atoms with Gasteiger partial charge in [-0.15, -0.1) is 0 Å². The standard InChI is InChI=1S/C15H17F3N2.C2H6.H2/c1-4-12(9-8-11(2)3)10-19-14-7-5-6-13(20-14)15(16,17)18;1-2;/h4-9H,1,10H2,2-3H3,(H,19,20);1-2H3;1H/b12-9+;;. The van der Waals surface area contributed by atoms with E-state index in [0.29, 0.717) is 6.54 Å². The summed E-state index contributed by atoms with van der Waals surface area (Å²) in [5.41, 5.74) is 1.09. The molecule has 1 aromatic heterocycles. The monoisotopic (exact) mass is 314 g/mol. The summed E-state index contributed by atoms with van der Waals surface area (Å²) in [5, 5.41) is 2.85. The first-order valence-electron chi connectivity index (χ1n) is 7.07. The molecule has 0 spiro atoms. The summed E-state index contributed by atoms with van der Waals surface area (Å²) in [5.74, 6) is 0.185. The van der Waals surface area contributed by atoms with Gasteiger partial charge in [0.2, 0.25) is 0 Å². The van der Waals surface area contributed by atoms with Crippen molar-refractivity contribution < 1.29 is 14.6 Å². The third kappa shape index (κ3) is 7.67. The molecule has 22 heavy (non-hydrogen) atoms. The lowest BCUT2D eigenvalue weighted by atomic mass is 10.2. The van der Waals surface area contributed by atoms with Crippen molar-refractivity contribution in [3.8, 4) is 0 Å². The number of anilines is 1. The predicted molar refractivity (Wildman–Crippen MR) is 88.9 cm³/mol. The van der Waals surface area contributed by atoms with Gasteiger partial charge in [-0.1, -0.05) is 50.3 Å². The van der Waals surface area contributed by atoms with Gasteiger partial charge in [0, 0.05) is 7.97 Å². The Morgan fingerprint density at radius 1 is 1.27 bits per heavy atom. The lowest BCUT2D eigenvalue weighted by Crippen LogP contribution is -2.11. The summed E-state index contributed by atoms with van der Waals surface area (Å²) in [6.45, 7) is 11.9. The van der Waals surface area contributed by atoms with Crippen LogP contribution in [0.5, 0.6) is 0 Å². The second-order valence-corrected chi connectivity index (χ2v) is 4.45. The number of nitrogens with zero attached hydrogens (tertiary/aromatic N) is 1. The van der Waals surface area contributed by atoms with E-state index in [4.69, 9.17) is 0 Å². The fraction of sp³-hybridized carbons (Fsp3) is 0.353. The zero-order valence-corrected chi connectivity index (χ0v) is 13.5. The van der Waals surface area contributed by atoms with Crippen LogP contribution in [0.25, 0.3) is 0 Å². The average molecular weight is 314 g/mol. The largest absolute Gasteiger partial charge is 0.433 e. The molecule has 0 amide bonds. The highest BCUT2D eigenvalue weighted by Gasteiger charge is 2.32. The lowest BCUT2D eigenvalue weighted by molar-refractivity contribution is -0.141. The van der Waals surface area contributed by atoms with Crippen molar-refractivity contribution in [3.05, 3.63) is 59.8 Å². The van der Waals surface area contributed by atoms with Crippen molar-refractivity contribution in [2.45, 2.75) is 33.9 Å². The Labute approximate surface area is 131 Å². The fourth-order valence-corrected chi connectivity index (χ4v) is 1.36. The molecule has 0 fully saturated rings. The first-order valence-corrected chi connectivity index (χ1v) is 7.07. The number of rotatable bonds is 5. The second-order valence-electron chi connectivity index (χ2n) is 4.45. The molecule has 0 aliphatic heterocycles. The molecule has 0 aliphatic carbocycles. The quantitative estimate of drug-likeness (QED) is 0.688. The number of hydrogen-bond acceptors (Lipinski definition) is 2. The number of aromatic nitrogens is 1. The number of nitrogens with one attached hydrogen (secondary N) is 1. The minimum Gasteiger partial charge on any atom is -0.366 e. The maximum Gasteiger partial charge on any atom is 0.433 e. The molecule has 0 unspecified atom stereocenters. The zero-order valence-electron chi connectivity index (χ0n) is 13.5. The van der Waals surface area contributed by atoms with Crippen LogP contribution in [0.2, 0.25) is 0 Å². The van der Waals surface area contributed by atoms with Crippen LogP contribution in [-0.4, -0.2) is 11.5 Å². The lowest BCUT2D eigenvalue weighted by Gasteiger charge is -2.09. The van der Waals surface area contributed by atoms with Crippen molar-refractivity contribution in [1.82, 2.24) is 4.98 Å². The molecule has 0 bridgehead atoms. The molecule has 1 rings (SSSR count). The van der Waals surface area contributed by atoms with Crippen LogP contribution >= 0.6 is 0 Å². The molecule has 0 saturated heterocycles. The molecular formula is C17H25F3N2. The van der Waals surface area contributed by atoms with E-state index >= 15 is 0 Å². The van der Waals surface area contributed by atoms with E-state index in [0.717, 1.165) is 17.2 Å².